The summed E-state index contributed by atoms with van der Waals surface area (Å²) in [6.45, 7) is 7.77. The lowest BCUT2D eigenvalue weighted by atomic mass is 9.83. The van der Waals surface area contributed by atoms with Gasteiger partial charge in [-0.25, -0.2) is 4.99 Å². The number of carbonyl (C=O) groups is 1. The van der Waals surface area contributed by atoms with E-state index in [4.69, 9.17) is 14.5 Å². The summed E-state index contributed by atoms with van der Waals surface area (Å²) >= 11 is 1.45. The molecule has 0 saturated carbocycles. The lowest BCUT2D eigenvalue weighted by Crippen LogP contribution is -2.54. The van der Waals surface area contributed by atoms with Crippen LogP contribution in [0.2, 0.25) is 0 Å². The van der Waals surface area contributed by atoms with Gasteiger partial charge in [-0.05, 0) is 38.2 Å². The van der Waals surface area contributed by atoms with E-state index in [0.29, 0.717) is 6.61 Å². The van der Waals surface area contributed by atoms with Crippen LogP contribution in [-0.4, -0.2) is 36.1 Å². The highest BCUT2D eigenvalue weighted by atomic mass is 32.1. The number of ether oxygens (including phenoxy) is 3. The first-order chi connectivity index (χ1) is 17.3. The third-order valence-electron chi connectivity index (χ3n) is 5.94. The number of aromatic nitrogens is 1. The zero-order valence-corrected chi connectivity index (χ0v) is 23.2. The first kappa shape index (κ1) is 27.6. The molecule has 2 bridgehead atoms. The molecule has 0 radical (unpaired) electrons. The van der Waals surface area contributed by atoms with Gasteiger partial charge in [0.1, 0.15) is 11.5 Å². The van der Waals surface area contributed by atoms with Gasteiger partial charge in [-0.3, -0.25) is 14.2 Å². The minimum absolute atomic E-state index is 0.0159. The molecule has 9 heteroatoms. The minimum Gasteiger partial charge on any atom is -0.497 e. The lowest BCUT2D eigenvalue weighted by molar-refractivity contribution is -0.140. The summed E-state index contributed by atoms with van der Waals surface area (Å²) < 4.78 is 18.1. The molecule has 3 aromatic rings. The molecule has 2 aliphatic heterocycles. The summed E-state index contributed by atoms with van der Waals surface area (Å²) in [5.41, 5.74) is 0.511. The van der Waals surface area contributed by atoms with E-state index in [1.807, 2.05) is 72.2 Å². The number of rotatable bonds is 3. The van der Waals surface area contributed by atoms with E-state index in [1.165, 1.54) is 18.3 Å². The molecule has 1 aromatic heterocycles. The molecule has 0 amide bonds. The molecule has 0 aliphatic carbocycles. The Morgan fingerprint density at radius 1 is 1.22 bits per heavy atom. The highest BCUT2D eigenvalue weighted by Crippen LogP contribution is 2.46. The number of thiazole rings is 1. The van der Waals surface area contributed by atoms with E-state index in [1.54, 1.807) is 14.0 Å². The van der Waals surface area contributed by atoms with Gasteiger partial charge in [0.15, 0.2) is 4.80 Å². The maximum absolute atomic E-state index is 12.8. The molecule has 2 aromatic carbocycles. The highest BCUT2D eigenvalue weighted by Gasteiger charge is 2.48. The van der Waals surface area contributed by atoms with Crippen LogP contribution in [0.15, 0.2) is 64.4 Å². The Labute approximate surface area is 217 Å². The van der Waals surface area contributed by atoms with Crippen LogP contribution >= 0.6 is 20.6 Å². The molecule has 5 rings (SSSR count). The summed E-state index contributed by atoms with van der Waals surface area (Å²) in [5, 5.41) is 0. The van der Waals surface area contributed by atoms with Crippen molar-refractivity contribution >= 4 is 32.6 Å². The molecular formula is C27H33N2O5PS. The van der Waals surface area contributed by atoms with Crippen LogP contribution in [0.5, 0.6) is 11.5 Å². The summed E-state index contributed by atoms with van der Waals surface area (Å²) in [6.07, 6.45) is 2.71. The molecule has 0 spiro atoms. The Hall–Kier alpha value is -2.96. The average molecular weight is 529 g/mol. The van der Waals surface area contributed by atoms with E-state index in [9.17, 15) is 9.59 Å². The van der Waals surface area contributed by atoms with Crippen LogP contribution in [0.3, 0.4) is 0 Å². The topological polar surface area (TPSA) is 79.1 Å². The third kappa shape index (κ3) is 6.05. The van der Waals surface area contributed by atoms with Gasteiger partial charge in [0.25, 0.3) is 5.56 Å². The average Bonchev–Trinajstić information content (AvgIpc) is 3.15. The van der Waals surface area contributed by atoms with Crippen molar-refractivity contribution in [1.29, 1.82) is 0 Å². The third-order valence-corrected chi connectivity index (χ3v) is 7.20. The lowest BCUT2D eigenvalue weighted by Gasteiger charge is -2.45. The Bertz CT molecular complexity index is 1350. The molecule has 7 nitrogen and oxygen atoms in total. The van der Waals surface area contributed by atoms with Crippen molar-refractivity contribution in [1.82, 2.24) is 4.57 Å². The summed E-state index contributed by atoms with van der Waals surface area (Å²) in [4.78, 5) is 28.1. The number of benzene rings is 2. The zero-order chi connectivity index (χ0) is 26.3. The van der Waals surface area contributed by atoms with Crippen LogP contribution in [-0.2, 0) is 9.53 Å². The molecule has 192 valence electrons. The fourth-order valence-electron chi connectivity index (χ4n) is 4.09. The van der Waals surface area contributed by atoms with Gasteiger partial charge >= 0.3 is 5.97 Å². The molecule has 0 fully saturated rings. The molecule has 0 saturated heterocycles. The first-order valence-corrected chi connectivity index (χ1v) is 13.4. The van der Waals surface area contributed by atoms with Crippen molar-refractivity contribution < 1.29 is 19.0 Å². The quantitative estimate of drug-likeness (QED) is 0.382. The summed E-state index contributed by atoms with van der Waals surface area (Å²) in [7, 11) is 4.29. The molecule has 36 heavy (non-hydrogen) atoms. The van der Waals surface area contributed by atoms with E-state index in [-0.39, 0.29) is 23.5 Å². The van der Waals surface area contributed by atoms with Crippen molar-refractivity contribution in [2.75, 3.05) is 19.9 Å². The molecular weight excluding hydrogens is 495 g/mol. The Morgan fingerprint density at radius 2 is 1.89 bits per heavy atom. The Balaban J connectivity index is 0.000000213. The number of fused-ring (bicyclic) bond motifs is 6. The number of nitrogens with zero attached hydrogens (tertiary/aromatic N) is 2. The standard InChI is InChI=1S/C16H17N2O2PS.C7H8O.C4H8O2/c1-9-13-10-5-3-4-6-11(10)20-16(9,2)17-15-18(13)14(19)12(22-15)7-8-21;1-8-7-5-3-2-4-6-7;1-3-6-4(2)5/h3-7,9,13H,8,21H2,1-2H3;2-6H,1H3;3H2,1-2H3/b12-7+;;. The van der Waals surface area contributed by atoms with Gasteiger partial charge < -0.3 is 14.2 Å². The predicted molar refractivity (Wildman–Crippen MR) is 146 cm³/mol. The Morgan fingerprint density at radius 3 is 2.44 bits per heavy atom. The Kier molecular flexibility index (Phi) is 9.46. The van der Waals surface area contributed by atoms with Gasteiger partial charge in [-0.2, -0.15) is 0 Å². The maximum atomic E-state index is 12.8. The SMILES string of the molecule is CC1C2c3ccccc3OC1(C)N=c1s/c(=C/CP)c(=O)n12.CCOC(C)=O.COc1ccccc1. The zero-order valence-electron chi connectivity index (χ0n) is 21.3. The smallest absolute Gasteiger partial charge is 0.302 e. The van der Waals surface area contributed by atoms with Crippen molar-refractivity contribution in [2.24, 2.45) is 10.9 Å². The second kappa shape index (κ2) is 12.3. The van der Waals surface area contributed by atoms with Gasteiger partial charge in [-0.15, -0.1) is 9.24 Å². The van der Waals surface area contributed by atoms with Crippen LogP contribution in [0.1, 0.15) is 39.3 Å². The normalized spacial score (nSPS) is 21.1. The fourth-order valence-corrected chi connectivity index (χ4v) is 5.58. The number of para-hydroxylation sites is 2. The van der Waals surface area contributed by atoms with E-state index >= 15 is 0 Å². The predicted octanol–water partition coefficient (Wildman–Crippen LogP) is 3.80. The van der Waals surface area contributed by atoms with Crippen molar-refractivity contribution in [2.45, 2.75) is 39.5 Å². The van der Waals surface area contributed by atoms with E-state index in [2.05, 4.69) is 20.9 Å². The molecule has 2 aliphatic rings. The van der Waals surface area contributed by atoms with Crippen molar-refractivity contribution in [3.8, 4) is 11.5 Å². The van der Waals surface area contributed by atoms with Crippen LogP contribution in [0.25, 0.3) is 6.08 Å². The highest BCUT2D eigenvalue weighted by molar-refractivity contribution is 7.17. The minimum atomic E-state index is -0.617. The monoisotopic (exact) mass is 528 g/mol. The van der Waals surface area contributed by atoms with Crippen LogP contribution in [0.4, 0.5) is 0 Å². The molecule has 3 heterocycles. The van der Waals surface area contributed by atoms with Crippen molar-refractivity contribution in [3.05, 3.63) is 79.8 Å². The molecule has 0 N–H and O–H groups in total. The largest absolute Gasteiger partial charge is 0.497 e. The second-order valence-corrected chi connectivity index (χ2v) is 9.83. The summed E-state index contributed by atoms with van der Waals surface area (Å²) in [5.74, 6) is 1.63. The van der Waals surface area contributed by atoms with Crippen molar-refractivity contribution in [3.63, 3.8) is 0 Å². The molecule has 4 atom stereocenters. The van der Waals surface area contributed by atoms with Gasteiger partial charge in [-0.1, -0.05) is 60.7 Å². The number of esters is 1. The van der Waals surface area contributed by atoms with E-state index in [0.717, 1.165) is 32.6 Å². The summed E-state index contributed by atoms with van der Waals surface area (Å²) in [6, 6.07) is 17.6. The maximum Gasteiger partial charge on any atom is 0.302 e. The van der Waals surface area contributed by atoms with Gasteiger partial charge in [0.05, 0.1) is 24.3 Å². The first-order valence-electron chi connectivity index (χ1n) is 11.8. The number of carbonyl (C=O) groups excluding carboxylic acids is 1. The van der Waals surface area contributed by atoms with E-state index < -0.39 is 5.72 Å². The van der Waals surface area contributed by atoms with Crippen LogP contribution < -0.4 is 24.4 Å². The number of hydrogen-bond donors (Lipinski definition) is 0. The van der Waals surface area contributed by atoms with Gasteiger partial charge in [0.2, 0.25) is 5.72 Å². The second-order valence-electron chi connectivity index (χ2n) is 8.35. The number of hydrogen-bond acceptors (Lipinski definition) is 7. The van der Waals surface area contributed by atoms with Gasteiger partial charge in [0, 0.05) is 18.4 Å². The fraction of sp³-hybridized carbons (Fsp3) is 0.370. The van der Waals surface area contributed by atoms with Crippen LogP contribution in [0, 0.1) is 5.92 Å². The molecule has 4 unspecified atom stereocenters. The number of methoxy groups -OCH3 is 1.